The fourth-order valence-corrected chi connectivity index (χ4v) is 3.15. The molecule has 0 radical (unpaired) electrons. The summed E-state index contributed by atoms with van der Waals surface area (Å²) in [5, 5.41) is 3.67. The standard InChI is InChI=1S/C17H15Cl2FN4O2/c1-23-14(9-24(17(23)26)15-13(20)3-2-6-21-15)16(25)22-8-10-4-5-11(18)7-12(10)19/h2-7,14H,8-9H2,1H3,(H,22,25)/t14-/m0/s1. The molecule has 1 aliphatic rings. The first kappa shape index (κ1) is 18.4. The lowest BCUT2D eigenvalue weighted by Gasteiger charge is -2.17. The topological polar surface area (TPSA) is 65.5 Å². The summed E-state index contributed by atoms with van der Waals surface area (Å²) < 4.78 is 13.9. The van der Waals surface area contributed by atoms with E-state index in [9.17, 15) is 14.0 Å². The van der Waals surface area contributed by atoms with Gasteiger partial charge < -0.3 is 10.2 Å². The van der Waals surface area contributed by atoms with Crippen LogP contribution in [0, 0.1) is 5.82 Å². The second-order valence-electron chi connectivity index (χ2n) is 5.78. The van der Waals surface area contributed by atoms with Gasteiger partial charge in [-0.2, -0.15) is 0 Å². The van der Waals surface area contributed by atoms with Crippen molar-refractivity contribution in [3.05, 3.63) is 58.0 Å². The highest BCUT2D eigenvalue weighted by Crippen LogP contribution is 2.24. The van der Waals surface area contributed by atoms with E-state index >= 15 is 0 Å². The van der Waals surface area contributed by atoms with Crippen LogP contribution in [0.2, 0.25) is 10.0 Å². The number of anilines is 1. The van der Waals surface area contributed by atoms with Crippen LogP contribution in [0.25, 0.3) is 0 Å². The number of pyridine rings is 1. The maximum Gasteiger partial charge on any atom is 0.326 e. The van der Waals surface area contributed by atoms with Crippen molar-refractivity contribution >= 4 is 41.0 Å². The van der Waals surface area contributed by atoms with Gasteiger partial charge in [0.15, 0.2) is 11.6 Å². The summed E-state index contributed by atoms with van der Waals surface area (Å²) in [7, 11) is 1.49. The number of nitrogens with zero attached hydrogens (tertiary/aromatic N) is 3. The first-order chi connectivity index (χ1) is 12.4. The molecule has 3 rings (SSSR count). The van der Waals surface area contributed by atoms with Crippen LogP contribution in [0.4, 0.5) is 15.0 Å². The van der Waals surface area contributed by atoms with Crippen LogP contribution in [0.3, 0.4) is 0 Å². The highest BCUT2D eigenvalue weighted by Gasteiger charge is 2.41. The quantitative estimate of drug-likeness (QED) is 0.863. The molecule has 2 aromatic rings. The SMILES string of the molecule is CN1C(=O)N(c2ncccc2F)C[C@H]1C(=O)NCc1ccc(Cl)cc1Cl. The Morgan fingerprint density at radius 3 is 2.85 bits per heavy atom. The second-order valence-corrected chi connectivity index (χ2v) is 6.63. The predicted molar refractivity (Wildman–Crippen MR) is 96.8 cm³/mol. The third-order valence-electron chi connectivity index (χ3n) is 4.12. The van der Waals surface area contributed by atoms with Crippen LogP contribution in [-0.4, -0.2) is 41.5 Å². The van der Waals surface area contributed by atoms with E-state index in [1.807, 2.05) is 0 Å². The van der Waals surface area contributed by atoms with E-state index in [0.717, 1.165) is 4.90 Å². The molecule has 1 aliphatic heterocycles. The fraction of sp³-hybridized carbons (Fsp3) is 0.235. The average molecular weight is 397 g/mol. The summed E-state index contributed by atoms with van der Waals surface area (Å²) in [6, 6.07) is 6.36. The van der Waals surface area contributed by atoms with Gasteiger partial charge in [-0.15, -0.1) is 0 Å². The lowest BCUT2D eigenvalue weighted by Crippen LogP contribution is -2.43. The highest BCUT2D eigenvalue weighted by molar-refractivity contribution is 6.35. The van der Waals surface area contributed by atoms with Crippen LogP contribution in [-0.2, 0) is 11.3 Å². The van der Waals surface area contributed by atoms with Crippen molar-refractivity contribution in [3.8, 4) is 0 Å². The van der Waals surface area contributed by atoms with Crippen LogP contribution < -0.4 is 10.2 Å². The van der Waals surface area contributed by atoms with Gasteiger partial charge in [0, 0.05) is 29.8 Å². The first-order valence-corrected chi connectivity index (χ1v) is 8.50. The van der Waals surface area contributed by atoms with Crippen LogP contribution in [0.5, 0.6) is 0 Å². The van der Waals surface area contributed by atoms with Gasteiger partial charge in [0.05, 0.1) is 6.54 Å². The predicted octanol–water partition coefficient (Wildman–Crippen LogP) is 3.08. The molecule has 0 aliphatic carbocycles. The van der Waals surface area contributed by atoms with Crippen molar-refractivity contribution in [2.24, 2.45) is 0 Å². The number of aromatic nitrogens is 1. The minimum absolute atomic E-state index is 0.00342. The summed E-state index contributed by atoms with van der Waals surface area (Å²) in [6.07, 6.45) is 1.39. The molecule has 1 fully saturated rings. The number of amides is 3. The van der Waals surface area contributed by atoms with Gasteiger partial charge in [-0.05, 0) is 29.8 Å². The van der Waals surface area contributed by atoms with Gasteiger partial charge in [0.2, 0.25) is 5.91 Å². The number of hydrogen-bond acceptors (Lipinski definition) is 3. The molecule has 6 nitrogen and oxygen atoms in total. The number of halogens is 3. The molecule has 0 spiro atoms. The van der Waals surface area contributed by atoms with E-state index in [2.05, 4.69) is 10.3 Å². The summed E-state index contributed by atoms with van der Waals surface area (Å²) in [5.41, 5.74) is 0.698. The highest BCUT2D eigenvalue weighted by atomic mass is 35.5. The van der Waals surface area contributed by atoms with E-state index in [0.29, 0.717) is 15.6 Å². The molecular formula is C17H15Cl2FN4O2. The van der Waals surface area contributed by atoms with Crippen molar-refractivity contribution in [2.45, 2.75) is 12.6 Å². The molecule has 2 heterocycles. The number of likely N-dealkylation sites (N-methyl/N-ethyl adjacent to an activating group) is 1. The average Bonchev–Trinajstić information content (AvgIpc) is 2.90. The number of urea groups is 1. The number of hydrogen-bond donors (Lipinski definition) is 1. The third-order valence-corrected chi connectivity index (χ3v) is 4.71. The molecule has 26 heavy (non-hydrogen) atoms. The minimum atomic E-state index is -0.769. The Kier molecular flexibility index (Phi) is 5.29. The Morgan fingerprint density at radius 2 is 2.15 bits per heavy atom. The third kappa shape index (κ3) is 3.59. The largest absolute Gasteiger partial charge is 0.350 e. The Bertz CT molecular complexity index is 864. The fourth-order valence-electron chi connectivity index (χ4n) is 2.67. The first-order valence-electron chi connectivity index (χ1n) is 7.75. The molecular weight excluding hydrogens is 382 g/mol. The maximum atomic E-state index is 13.9. The molecule has 1 aromatic heterocycles. The zero-order valence-corrected chi connectivity index (χ0v) is 15.3. The molecule has 1 atom stereocenters. The van der Waals surface area contributed by atoms with Crippen LogP contribution in [0.1, 0.15) is 5.56 Å². The summed E-state index contributed by atoms with van der Waals surface area (Å²) in [5.74, 6) is -1.09. The maximum absolute atomic E-state index is 13.9. The monoisotopic (exact) mass is 396 g/mol. The Hall–Kier alpha value is -2.38. The summed E-state index contributed by atoms with van der Waals surface area (Å²) in [4.78, 5) is 31.2. The van der Waals surface area contributed by atoms with Crippen molar-refractivity contribution in [1.82, 2.24) is 15.2 Å². The summed E-state index contributed by atoms with van der Waals surface area (Å²) >= 11 is 11.9. The van der Waals surface area contributed by atoms with E-state index < -0.39 is 17.9 Å². The van der Waals surface area contributed by atoms with Crippen molar-refractivity contribution in [2.75, 3.05) is 18.5 Å². The van der Waals surface area contributed by atoms with E-state index in [-0.39, 0.29) is 24.8 Å². The molecule has 0 bridgehead atoms. The molecule has 0 saturated carbocycles. The van der Waals surface area contributed by atoms with Gasteiger partial charge in [0.25, 0.3) is 0 Å². The van der Waals surface area contributed by atoms with Crippen molar-refractivity contribution in [3.63, 3.8) is 0 Å². The van der Waals surface area contributed by atoms with Gasteiger partial charge in [-0.3, -0.25) is 9.69 Å². The molecule has 3 amide bonds. The molecule has 1 aromatic carbocycles. The van der Waals surface area contributed by atoms with Gasteiger partial charge in [-0.1, -0.05) is 29.3 Å². The second kappa shape index (κ2) is 7.47. The Labute approximate surface area is 159 Å². The summed E-state index contributed by atoms with van der Waals surface area (Å²) in [6.45, 7) is 0.189. The van der Waals surface area contributed by atoms with Gasteiger partial charge >= 0.3 is 6.03 Å². The van der Waals surface area contributed by atoms with Gasteiger partial charge in [0.1, 0.15) is 6.04 Å². The molecule has 9 heteroatoms. The molecule has 1 saturated heterocycles. The zero-order valence-electron chi connectivity index (χ0n) is 13.7. The van der Waals surface area contributed by atoms with Crippen LogP contribution >= 0.6 is 23.2 Å². The van der Waals surface area contributed by atoms with E-state index in [1.165, 1.54) is 30.3 Å². The number of carbonyl (C=O) groups excluding carboxylic acids is 2. The number of nitrogens with one attached hydrogen (secondary N) is 1. The molecule has 1 N–H and O–H groups in total. The van der Waals surface area contributed by atoms with Crippen molar-refractivity contribution < 1.29 is 14.0 Å². The number of rotatable bonds is 4. The lowest BCUT2D eigenvalue weighted by atomic mass is 10.2. The Balaban J connectivity index is 1.70. The minimum Gasteiger partial charge on any atom is -0.350 e. The van der Waals surface area contributed by atoms with Gasteiger partial charge in [-0.25, -0.2) is 14.2 Å². The zero-order chi connectivity index (χ0) is 18.8. The lowest BCUT2D eigenvalue weighted by molar-refractivity contribution is -0.124. The number of carbonyl (C=O) groups is 2. The molecule has 0 unspecified atom stereocenters. The number of benzene rings is 1. The van der Waals surface area contributed by atoms with Crippen molar-refractivity contribution in [1.29, 1.82) is 0 Å². The molecule has 136 valence electrons. The van der Waals surface area contributed by atoms with E-state index in [4.69, 9.17) is 23.2 Å². The Morgan fingerprint density at radius 1 is 1.38 bits per heavy atom. The van der Waals surface area contributed by atoms with Crippen LogP contribution in [0.15, 0.2) is 36.5 Å². The normalized spacial score (nSPS) is 16.9. The smallest absolute Gasteiger partial charge is 0.326 e. The van der Waals surface area contributed by atoms with E-state index in [1.54, 1.807) is 18.2 Å².